The fraction of sp³-hybridized carbons (Fsp3) is 0.350. The van der Waals surface area contributed by atoms with Crippen molar-refractivity contribution in [2.24, 2.45) is 0 Å². The van der Waals surface area contributed by atoms with E-state index in [4.69, 9.17) is 4.74 Å². The van der Waals surface area contributed by atoms with E-state index in [9.17, 15) is 9.18 Å². The number of rotatable bonds is 4. The number of fused-ring (bicyclic) bond motifs is 1. The Labute approximate surface area is 152 Å². The maximum Gasteiger partial charge on any atom is 0.262 e. The summed E-state index contributed by atoms with van der Waals surface area (Å²) in [5.74, 6) is 0.452. The third kappa shape index (κ3) is 3.80. The molecular weight excluding hydrogens is 333 g/mol. The Balaban J connectivity index is 1.28. The minimum absolute atomic E-state index is 0.0851. The number of carbonyl (C=O) groups is 1. The van der Waals surface area contributed by atoms with Crippen molar-refractivity contribution in [3.8, 4) is 5.75 Å². The molecule has 0 atom stereocenters. The molecule has 4 rings (SSSR count). The zero-order chi connectivity index (χ0) is 17.9. The number of benzene rings is 2. The normalized spacial score (nSPS) is 17.4. The molecule has 0 radical (unpaired) electrons. The van der Waals surface area contributed by atoms with E-state index in [1.54, 1.807) is 0 Å². The SMILES string of the molecule is O=C1COc2cc(CCN3CCN(c4ccc(F)cc4)CC3)ccc2N1. The summed E-state index contributed by atoms with van der Waals surface area (Å²) in [5, 5.41) is 2.81. The van der Waals surface area contributed by atoms with E-state index >= 15 is 0 Å². The number of nitrogens with one attached hydrogen (secondary N) is 1. The maximum atomic E-state index is 13.0. The van der Waals surface area contributed by atoms with Crippen LogP contribution in [0.15, 0.2) is 42.5 Å². The second kappa shape index (κ2) is 7.33. The van der Waals surface area contributed by atoms with Crippen molar-refractivity contribution >= 4 is 17.3 Å². The molecule has 0 saturated carbocycles. The van der Waals surface area contributed by atoms with Crippen molar-refractivity contribution in [2.45, 2.75) is 6.42 Å². The van der Waals surface area contributed by atoms with Gasteiger partial charge >= 0.3 is 0 Å². The molecule has 26 heavy (non-hydrogen) atoms. The molecule has 1 N–H and O–H groups in total. The van der Waals surface area contributed by atoms with Gasteiger partial charge in [0.2, 0.25) is 0 Å². The summed E-state index contributed by atoms with van der Waals surface area (Å²) in [6.45, 7) is 4.96. The number of amides is 1. The molecule has 0 unspecified atom stereocenters. The lowest BCUT2D eigenvalue weighted by molar-refractivity contribution is -0.118. The van der Waals surface area contributed by atoms with Crippen LogP contribution in [0.5, 0.6) is 5.75 Å². The summed E-state index contributed by atoms with van der Waals surface area (Å²) in [5.41, 5.74) is 3.04. The first-order chi connectivity index (χ1) is 12.7. The van der Waals surface area contributed by atoms with Gasteiger partial charge in [0.15, 0.2) is 6.61 Å². The van der Waals surface area contributed by atoms with Gasteiger partial charge in [0.25, 0.3) is 5.91 Å². The molecular formula is C20H22FN3O2. The van der Waals surface area contributed by atoms with Crippen LogP contribution in [0.3, 0.4) is 0 Å². The Morgan fingerprint density at radius 1 is 1.04 bits per heavy atom. The van der Waals surface area contributed by atoms with Crippen LogP contribution in [0, 0.1) is 5.82 Å². The van der Waals surface area contributed by atoms with Crippen LogP contribution in [0.25, 0.3) is 0 Å². The summed E-state index contributed by atoms with van der Waals surface area (Å²) in [6, 6.07) is 12.7. The quantitative estimate of drug-likeness (QED) is 0.915. The smallest absolute Gasteiger partial charge is 0.262 e. The lowest BCUT2D eigenvalue weighted by Gasteiger charge is -2.36. The fourth-order valence-electron chi connectivity index (χ4n) is 3.44. The molecule has 2 aromatic carbocycles. The Morgan fingerprint density at radius 2 is 1.81 bits per heavy atom. The predicted molar refractivity (Wildman–Crippen MR) is 99.3 cm³/mol. The molecule has 2 aliphatic heterocycles. The first kappa shape index (κ1) is 16.8. The molecule has 1 fully saturated rings. The third-order valence-corrected chi connectivity index (χ3v) is 4.96. The fourth-order valence-corrected chi connectivity index (χ4v) is 3.44. The van der Waals surface area contributed by atoms with Crippen LogP contribution in [-0.2, 0) is 11.2 Å². The van der Waals surface area contributed by atoms with Gasteiger partial charge < -0.3 is 15.0 Å². The summed E-state index contributed by atoms with van der Waals surface area (Å²) in [6.07, 6.45) is 0.946. The molecule has 6 heteroatoms. The van der Waals surface area contributed by atoms with E-state index < -0.39 is 0 Å². The summed E-state index contributed by atoms with van der Waals surface area (Å²) >= 11 is 0. The number of halogens is 1. The van der Waals surface area contributed by atoms with Crippen molar-refractivity contribution in [3.05, 3.63) is 53.8 Å². The molecule has 0 aromatic heterocycles. The maximum absolute atomic E-state index is 13.0. The predicted octanol–water partition coefficient (Wildman–Crippen LogP) is 2.52. The van der Waals surface area contributed by atoms with Crippen LogP contribution in [0.4, 0.5) is 15.8 Å². The highest BCUT2D eigenvalue weighted by molar-refractivity contribution is 5.95. The van der Waals surface area contributed by atoms with Gasteiger partial charge in [-0.25, -0.2) is 4.39 Å². The first-order valence-electron chi connectivity index (χ1n) is 8.96. The Hall–Kier alpha value is -2.60. The van der Waals surface area contributed by atoms with E-state index in [1.807, 2.05) is 30.3 Å². The molecule has 5 nitrogen and oxygen atoms in total. The minimum atomic E-state index is -0.194. The van der Waals surface area contributed by atoms with Crippen molar-refractivity contribution in [1.29, 1.82) is 0 Å². The lowest BCUT2D eigenvalue weighted by atomic mass is 10.1. The average Bonchev–Trinajstić information content (AvgIpc) is 2.67. The summed E-state index contributed by atoms with van der Waals surface area (Å²) in [7, 11) is 0. The van der Waals surface area contributed by atoms with Gasteiger partial charge in [0.1, 0.15) is 11.6 Å². The van der Waals surface area contributed by atoms with Crippen LogP contribution < -0.4 is 15.0 Å². The first-order valence-corrected chi connectivity index (χ1v) is 8.96. The highest BCUT2D eigenvalue weighted by Gasteiger charge is 2.18. The zero-order valence-electron chi connectivity index (χ0n) is 14.6. The number of hydrogen-bond acceptors (Lipinski definition) is 4. The van der Waals surface area contributed by atoms with Crippen LogP contribution in [0.2, 0.25) is 0 Å². The molecule has 0 spiro atoms. The van der Waals surface area contributed by atoms with Crippen LogP contribution >= 0.6 is 0 Å². The number of hydrogen-bond donors (Lipinski definition) is 1. The molecule has 2 aromatic rings. The molecule has 136 valence electrons. The van der Waals surface area contributed by atoms with Gasteiger partial charge in [-0.05, 0) is 48.4 Å². The van der Waals surface area contributed by atoms with Crippen molar-refractivity contribution in [3.63, 3.8) is 0 Å². The topological polar surface area (TPSA) is 44.8 Å². The van der Waals surface area contributed by atoms with Crippen LogP contribution in [0.1, 0.15) is 5.56 Å². The molecule has 2 aliphatic rings. The highest BCUT2D eigenvalue weighted by Crippen LogP contribution is 2.28. The highest BCUT2D eigenvalue weighted by atomic mass is 19.1. The van der Waals surface area contributed by atoms with Gasteiger partial charge in [-0.2, -0.15) is 0 Å². The monoisotopic (exact) mass is 355 g/mol. The van der Waals surface area contributed by atoms with E-state index in [0.717, 1.165) is 56.3 Å². The van der Waals surface area contributed by atoms with E-state index in [0.29, 0.717) is 0 Å². The Kier molecular flexibility index (Phi) is 4.75. The van der Waals surface area contributed by atoms with Gasteiger partial charge in [-0.3, -0.25) is 9.69 Å². The van der Waals surface area contributed by atoms with E-state index in [2.05, 4.69) is 15.1 Å². The molecule has 0 aliphatic carbocycles. The molecule has 2 heterocycles. The number of carbonyl (C=O) groups excluding carboxylic acids is 1. The largest absolute Gasteiger partial charge is 0.482 e. The Bertz CT molecular complexity index is 786. The van der Waals surface area contributed by atoms with Crippen LogP contribution in [-0.4, -0.2) is 50.1 Å². The summed E-state index contributed by atoms with van der Waals surface area (Å²) in [4.78, 5) is 16.1. The number of ether oxygens (including phenoxy) is 1. The van der Waals surface area contributed by atoms with Crippen molar-refractivity contribution in [1.82, 2.24) is 4.90 Å². The second-order valence-electron chi connectivity index (χ2n) is 6.72. The second-order valence-corrected chi connectivity index (χ2v) is 6.72. The standard InChI is InChI=1S/C20H22FN3O2/c21-16-2-4-17(5-3-16)24-11-9-23(10-12-24)8-7-15-1-6-18-19(13-15)26-14-20(25)22-18/h1-6,13H,7-12,14H2,(H,22,25). The minimum Gasteiger partial charge on any atom is -0.482 e. The Morgan fingerprint density at radius 3 is 2.58 bits per heavy atom. The van der Waals surface area contributed by atoms with Gasteiger partial charge in [-0.1, -0.05) is 6.07 Å². The van der Waals surface area contributed by atoms with Crippen molar-refractivity contribution < 1.29 is 13.9 Å². The number of piperazine rings is 1. The average molecular weight is 355 g/mol. The number of nitrogens with zero attached hydrogens (tertiary/aromatic N) is 2. The molecule has 1 amide bonds. The van der Waals surface area contributed by atoms with E-state index in [1.165, 1.54) is 17.7 Å². The zero-order valence-corrected chi connectivity index (χ0v) is 14.6. The van der Waals surface area contributed by atoms with Gasteiger partial charge in [0.05, 0.1) is 5.69 Å². The van der Waals surface area contributed by atoms with E-state index in [-0.39, 0.29) is 18.3 Å². The third-order valence-electron chi connectivity index (χ3n) is 4.96. The van der Waals surface area contributed by atoms with Crippen molar-refractivity contribution in [2.75, 3.05) is 49.5 Å². The molecule has 1 saturated heterocycles. The number of anilines is 2. The molecule has 0 bridgehead atoms. The van der Waals surface area contributed by atoms with Gasteiger partial charge in [0, 0.05) is 38.4 Å². The van der Waals surface area contributed by atoms with Gasteiger partial charge in [-0.15, -0.1) is 0 Å². The lowest BCUT2D eigenvalue weighted by Crippen LogP contribution is -2.47. The summed E-state index contributed by atoms with van der Waals surface area (Å²) < 4.78 is 18.5.